The molecule has 2 N–H and O–H groups in total. The van der Waals surface area contributed by atoms with Gasteiger partial charge in [0.05, 0.1) is 11.6 Å². The summed E-state index contributed by atoms with van der Waals surface area (Å²) < 4.78 is 5.36. The molecular formula is C30H39N5O2. The molecule has 37 heavy (non-hydrogen) atoms. The van der Waals surface area contributed by atoms with Crippen molar-refractivity contribution < 1.29 is 9.53 Å². The lowest BCUT2D eigenvalue weighted by Crippen LogP contribution is -2.55. The zero-order valence-electron chi connectivity index (χ0n) is 22.2. The highest BCUT2D eigenvalue weighted by Crippen LogP contribution is 2.25. The summed E-state index contributed by atoms with van der Waals surface area (Å²) in [5.41, 5.74) is 2.29. The van der Waals surface area contributed by atoms with Crippen molar-refractivity contribution in [1.29, 1.82) is 5.26 Å². The number of ether oxygens (including phenoxy) is 1. The Balaban J connectivity index is 1.36. The highest BCUT2D eigenvalue weighted by molar-refractivity contribution is 5.87. The molecule has 1 aliphatic carbocycles. The van der Waals surface area contributed by atoms with Crippen LogP contribution >= 0.6 is 0 Å². The third-order valence-electron chi connectivity index (χ3n) is 6.93. The van der Waals surface area contributed by atoms with Crippen LogP contribution < -0.4 is 15.5 Å². The molecule has 2 fully saturated rings. The molecule has 1 saturated carbocycles. The van der Waals surface area contributed by atoms with Gasteiger partial charge >= 0.3 is 5.97 Å². The van der Waals surface area contributed by atoms with E-state index >= 15 is 0 Å². The smallest absolute Gasteiger partial charge is 0.331 e. The second-order valence-electron chi connectivity index (χ2n) is 11.1. The number of nitriles is 1. The SMILES string of the molecule is CC(C)(C)OC(=O)/C=C\c1ccnc(N[C@@H]2CCCC[C@H]2NC2CCCN(c3ccc(C#N)cc3)C2)c1. The summed E-state index contributed by atoms with van der Waals surface area (Å²) in [6, 6.07) is 15.1. The molecular weight excluding hydrogens is 462 g/mol. The van der Waals surface area contributed by atoms with Crippen molar-refractivity contribution in [2.24, 2.45) is 0 Å². The first-order valence-electron chi connectivity index (χ1n) is 13.4. The van der Waals surface area contributed by atoms with Crippen molar-refractivity contribution in [2.45, 2.75) is 83.0 Å². The van der Waals surface area contributed by atoms with Gasteiger partial charge < -0.3 is 20.3 Å². The van der Waals surface area contributed by atoms with E-state index in [0.717, 1.165) is 43.7 Å². The van der Waals surface area contributed by atoms with Gasteiger partial charge in [0.15, 0.2) is 0 Å². The molecule has 196 valence electrons. The van der Waals surface area contributed by atoms with E-state index in [2.05, 4.69) is 38.7 Å². The fraction of sp³-hybridized carbons (Fsp3) is 0.500. The van der Waals surface area contributed by atoms with Gasteiger partial charge in [-0.05, 0) is 94.5 Å². The zero-order chi connectivity index (χ0) is 26.3. The number of anilines is 2. The number of rotatable bonds is 7. The van der Waals surface area contributed by atoms with Crippen LogP contribution in [0.2, 0.25) is 0 Å². The van der Waals surface area contributed by atoms with E-state index < -0.39 is 5.60 Å². The zero-order valence-corrected chi connectivity index (χ0v) is 22.2. The molecule has 1 unspecified atom stereocenters. The van der Waals surface area contributed by atoms with E-state index in [1.54, 1.807) is 12.3 Å². The van der Waals surface area contributed by atoms with Crippen LogP contribution in [0.15, 0.2) is 48.7 Å². The molecule has 0 radical (unpaired) electrons. The summed E-state index contributed by atoms with van der Waals surface area (Å²) in [6.07, 6.45) is 12.0. The molecule has 0 amide bonds. The van der Waals surface area contributed by atoms with Crippen LogP contribution in [0.5, 0.6) is 0 Å². The van der Waals surface area contributed by atoms with Gasteiger partial charge in [0, 0.05) is 49.2 Å². The van der Waals surface area contributed by atoms with Gasteiger partial charge in [0.25, 0.3) is 0 Å². The molecule has 4 rings (SSSR count). The van der Waals surface area contributed by atoms with E-state index in [9.17, 15) is 4.79 Å². The molecule has 1 saturated heterocycles. The Kier molecular flexibility index (Phi) is 8.83. The summed E-state index contributed by atoms with van der Waals surface area (Å²) in [4.78, 5) is 19.0. The molecule has 7 heteroatoms. The largest absolute Gasteiger partial charge is 0.457 e. The maximum Gasteiger partial charge on any atom is 0.331 e. The van der Waals surface area contributed by atoms with Gasteiger partial charge in [-0.1, -0.05) is 12.8 Å². The second-order valence-corrected chi connectivity index (χ2v) is 11.1. The Morgan fingerprint density at radius 2 is 1.86 bits per heavy atom. The number of nitrogens with one attached hydrogen (secondary N) is 2. The quantitative estimate of drug-likeness (QED) is 0.393. The van der Waals surface area contributed by atoms with Crippen molar-refractivity contribution in [3.05, 3.63) is 59.8 Å². The average molecular weight is 502 g/mol. The molecule has 1 aromatic carbocycles. The highest BCUT2D eigenvalue weighted by atomic mass is 16.6. The first-order chi connectivity index (χ1) is 17.8. The van der Waals surface area contributed by atoms with Gasteiger partial charge in [-0.25, -0.2) is 9.78 Å². The summed E-state index contributed by atoms with van der Waals surface area (Å²) in [5, 5.41) is 16.7. The van der Waals surface area contributed by atoms with Crippen molar-refractivity contribution in [1.82, 2.24) is 10.3 Å². The van der Waals surface area contributed by atoms with E-state index in [-0.39, 0.29) is 5.97 Å². The number of benzene rings is 1. The molecule has 1 aromatic heterocycles. The minimum atomic E-state index is -0.507. The molecule has 2 aliphatic rings. The molecule has 2 heterocycles. The number of piperidine rings is 1. The summed E-state index contributed by atoms with van der Waals surface area (Å²) >= 11 is 0. The first kappa shape index (κ1) is 26.7. The number of pyridine rings is 1. The Morgan fingerprint density at radius 1 is 1.11 bits per heavy atom. The number of carbonyl (C=O) groups excluding carboxylic acids is 1. The lowest BCUT2D eigenvalue weighted by molar-refractivity contribution is -0.148. The third kappa shape index (κ3) is 8.06. The molecule has 0 spiro atoms. The molecule has 2 aromatic rings. The number of carbonyl (C=O) groups is 1. The maximum atomic E-state index is 12.0. The summed E-state index contributed by atoms with van der Waals surface area (Å²) in [5.74, 6) is 0.478. The van der Waals surface area contributed by atoms with Crippen molar-refractivity contribution in [3.63, 3.8) is 0 Å². The Morgan fingerprint density at radius 3 is 2.59 bits per heavy atom. The number of esters is 1. The number of aromatic nitrogens is 1. The van der Waals surface area contributed by atoms with Crippen LogP contribution in [0.4, 0.5) is 11.5 Å². The van der Waals surface area contributed by atoms with Gasteiger partial charge in [-0.2, -0.15) is 5.26 Å². The fourth-order valence-electron chi connectivity index (χ4n) is 5.22. The van der Waals surface area contributed by atoms with E-state index in [0.29, 0.717) is 23.7 Å². The molecule has 3 atom stereocenters. The van der Waals surface area contributed by atoms with Crippen LogP contribution in [-0.2, 0) is 9.53 Å². The fourth-order valence-corrected chi connectivity index (χ4v) is 5.22. The Labute approximate surface area is 220 Å². The first-order valence-corrected chi connectivity index (χ1v) is 13.4. The highest BCUT2D eigenvalue weighted by Gasteiger charge is 2.29. The third-order valence-corrected chi connectivity index (χ3v) is 6.93. The van der Waals surface area contributed by atoms with Crippen LogP contribution in [0, 0.1) is 11.3 Å². The maximum absolute atomic E-state index is 12.0. The average Bonchev–Trinajstić information content (AvgIpc) is 2.88. The minimum absolute atomic E-state index is 0.302. The van der Waals surface area contributed by atoms with Gasteiger partial charge in [-0.15, -0.1) is 0 Å². The number of nitrogens with zero attached hydrogens (tertiary/aromatic N) is 3. The molecule has 7 nitrogen and oxygen atoms in total. The van der Waals surface area contributed by atoms with Gasteiger partial charge in [0.1, 0.15) is 11.4 Å². The second kappa shape index (κ2) is 12.2. The van der Waals surface area contributed by atoms with Crippen LogP contribution in [0.1, 0.15) is 70.4 Å². The Bertz CT molecular complexity index is 1120. The number of hydrogen-bond acceptors (Lipinski definition) is 7. The van der Waals surface area contributed by atoms with Crippen molar-refractivity contribution in [2.75, 3.05) is 23.3 Å². The summed E-state index contributed by atoms with van der Waals surface area (Å²) in [7, 11) is 0. The van der Waals surface area contributed by atoms with Gasteiger partial charge in [-0.3, -0.25) is 0 Å². The number of hydrogen-bond donors (Lipinski definition) is 2. The lowest BCUT2D eigenvalue weighted by Gasteiger charge is -2.40. The predicted molar refractivity (Wildman–Crippen MR) is 148 cm³/mol. The molecule has 0 bridgehead atoms. The van der Waals surface area contributed by atoms with Gasteiger partial charge in [0.2, 0.25) is 0 Å². The molecule has 1 aliphatic heterocycles. The van der Waals surface area contributed by atoms with Crippen molar-refractivity contribution in [3.8, 4) is 6.07 Å². The van der Waals surface area contributed by atoms with E-state index in [1.165, 1.54) is 31.0 Å². The topological polar surface area (TPSA) is 90.3 Å². The predicted octanol–water partition coefficient (Wildman–Crippen LogP) is 5.29. The van der Waals surface area contributed by atoms with E-state index in [4.69, 9.17) is 10.00 Å². The normalized spacial score (nSPS) is 22.4. The van der Waals surface area contributed by atoms with Crippen LogP contribution in [0.25, 0.3) is 6.08 Å². The van der Waals surface area contributed by atoms with Crippen molar-refractivity contribution >= 4 is 23.6 Å². The standard InChI is InChI=1S/C30H39N5O2/c1-30(2,3)37-29(36)15-12-22-16-17-32-28(19-22)34-27-9-5-4-8-26(27)33-24-7-6-18-35(21-24)25-13-10-23(20-31)11-14-25/h10-17,19,24,26-27,33H,4-9,18,21H2,1-3H3,(H,32,34)/b15-12-/t24?,26-,27-/m1/s1. The van der Waals surface area contributed by atoms with E-state index in [1.807, 2.05) is 45.0 Å². The lowest BCUT2D eigenvalue weighted by atomic mass is 9.89. The Hall–Kier alpha value is -3.37. The minimum Gasteiger partial charge on any atom is -0.457 e. The van der Waals surface area contributed by atoms with Crippen LogP contribution in [0.3, 0.4) is 0 Å². The van der Waals surface area contributed by atoms with Crippen LogP contribution in [-0.4, -0.2) is 47.8 Å². The summed E-state index contributed by atoms with van der Waals surface area (Å²) in [6.45, 7) is 7.60. The monoisotopic (exact) mass is 501 g/mol.